The summed E-state index contributed by atoms with van der Waals surface area (Å²) in [6, 6.07) is 11.2. The summed E-state index contributed by atoms with van der Waals surface area (Å²) in [6.45, 7) is 4.30. The Morgan fingerprint density at radius 3 is 2.65 bits per heavy atom. The zero-order valence-electron chi connectivity index (χ0n) is 14.9. The first kappa shape index (κ1) is 17.9. The number of hydrogen-bond donors (Lipinski definition) is 0. The summed E-state index contributed by atoms with van der Waals surface area (Å²) < 4.78 is 5.61. The number of rotatable bonds is 4. The summed E-state index contributed by atoms with van der Waals surface area (Å²) in [6.07, 6.45) is 3.97. The second kappa shape index (κ2) is 8.47. The Morgan fingerprint density at radius 2 is 1.88 bits per heavy atom. The van der Waals surface area contributed by atoms with Gasteiger partial charge in [-0.2, -0.15) is 0 Å². The Morgan fingerprint density at radius 1 is 1.08 bits per heavy atom. The second-order valence-corrected chi connectivity index (χ2v) is 6.37. The van der Waals surface area contributed by atoms with Crippen molar-refractivity contribution >= 4 is 11.8 Å². The Balaban J connectivity index is 1.53. The van der Waals surface area contributed by atoms with Gasteiger partial charge in [0.05, 0.1) is 5.56 Å². The first-order valence-corrected chi connectivity index (χ1v) is 8.80. The van der Waals surface area contributed by atoms with Crippen LogP contribution < -0.4 is 4.74 Å². The van der Waals surface area contributed by atoms with Crippen LogP contribution in [0.15, 0.2) is 48.8 Å². The van der Waals surface area contributed by atoms with Crippen LogP contribution in [-0.4, -0.2) is 59.4 Å². The number of aryl methyl sites for hydroxylation is 1. The monoisotopic (exact) mass is 353 g/mol. The minimum absolute atomic E-state index is 0.0139. The molecule has 0 N–H and O–H groups in total. The number of nitrogens with zero attached hydrogens (tertiary/aromatic N) is 3. The number of amides is 2. The van der Waals surface area contributed by atoms with Gasteiger partial charge < -0.3 is 14.5 Å². The lowest BCUT2D eigenvalue weighted by molar-refractivity contribution is -0.133. The molecule has 0 aliphatic carbocycles. The molecule has 0 bridgehead atoms. The normalized spacial score (nSPS) is 14.7. The fraction of sp³-hybridized carbons (Fsp3) is 0.350. The van der Waals surface area contributed by atoms with E-state index in [1.165, 1.54) is 0 Å². The van der Waals surface area contributed by atoms with E-state index >= 15 is 0 Å². The van der Waals surface area contributed by atoms with Crippen molar-refractivity contribution in [2.24, 2.45) is 0 Å². The third-order valence-electron chi connectivity index (χ3n) is 4.40. The number of carbonyl (C=O) groups is 2. The lowest BCUT2D eigenvalue weighted by atomic mass is 10.2. The predicted octanol–water partition coefficient (Wildman–Crippen LogP) is 2.14. The highest BCUT2D eigenvalue weighted by atomic mass is 16.5. The maximum atomic E-state index is 12.5. The van der Waals surface area contributed by atoms with Crippen molar-refractivity contribution in [1.82, 2.24) is 14.8 Å². The molecule has 1 aromatic carbocycles. The SMILES string of the molecule is Cc1cccc(OCC(=O)N2CCCN(C(=O)c3cccnc3)CC2)c1. The minimum atomic E-state index is -0.0535. The molecular weight excluding hydrogens is 330 g/mol. The molecule has 0 saturated carbocycles. The number of ether oxygens (including phenoxy) is 1. The molecule has 136 valence electrons. The Kier molecular flexibility index (Phi) is 5.84. The van der Waals surface area contributed by atoms with Gasteiger partial charge in [-0.25, -0.2) is 0 Å². The third kappa shape index (κ3) is 4.59. The van der Waals surface area contributed by atoms with Gasteiger partial charge in [-0.15, -0.1) is 0 Å². The van der Waals surface area contributed by atoms with Crippen molar-refractivity contribution in [3.8, 4) is 5.75 Å². The van der Waals surface area contributed by atoms with Crippen LogP contribution >= 0.6 is 0 Å². The molecule has 6 nitrogen and oxygen atoms in total. The highest BCUT2D eigenvalue weighted by Crippen LogP contribution is 2.13. The van der Waals surface area contributed by atoms with Gasteiger partial charge in [0, 0.05) is 38.6 Å². The van der Waals surface area contributed by atoms with E-state index in [4.69, 9.17) is 4.74 Å². The topological polar surface area (TPSA) is 62.7 Å². The Labute approximate surface area is 153 Å². The fourth-order valence-electron chi connectivity index (χ4n) is 2.98. The van der Waals surface area contributed by atoms with Crippen LogP contribution in [-0.2, 0) is 4.79 Å². The minimum Gasteiger partial charge on any atom is -0.484 e. The standard InChI is InChI=1S/C20H23N3O3/c1-16-5-2-7-18(13-16)26-15-19(24)22-9-4-10-23(12-11-22)20(25)17-6-3-8-21-14-17/h2-3,5-8,13-14H,4,9-12,15H2,1H3. The lowest BCUT2D eigenvalue weighted by Crippen LogP contribution is -2.39. The van der Waals surface area contributed by atoms with E-state index in [2.05, 4.69) is 4.98 Å². The van der Waals surface area contributed by atoms with Crippen LogP contribution in [0.3, 0.4) is 0 Å². The smallest absolute Gasteiger partial charge is 0.260 e. The number of benzene rings is 1. The molecule has 0 radical (unpaired) electrons. The number of carbonyl (C=O) groups excluding carboxylic acids is 2. The Bertz CT molecular complexity index is 764. The van der Waals surface area contributed by atoms with Gasteiger partial charge in [-0.3, -0.25) is 14.6 Å². The summed E-state index contributed by atoms with van der Waals surface area (Å²) in [5.74, 6) is 0.604. The molecular formula is C20H23N3O3. The molecule has 1 aliphatic rings. The van der Waals surface area contributed by atoms with Gasteiger partial charge in [-0.1, -0.05) is 12.1 Å². The van der Waals surface area contributed by atoms with E-state index in [0.29, 0.717) is 37.5 Å². The van der Waals surface area contributed by atoms with Gasteiger partial charge >= 0.3 is 0 Å². The van der Waals surface area contributed by atoms with Crippen LogP contribution in [0, 0.1) is 6.92 Å². The van der Waals surface area contributed by atoms with E-state index in [0.717, 1.165) is 12.0 Å². The predicted molar refractivity (Wildman–Crippen MR) is 98.0 cm³/mol. The number of aromatic nitrogens is 1. The summed E-state index contributed by atoms with van der Waals surface area (Å²) in [7, 11) is 0. The number of pyridine rings is 1. The molecule has 0 spiro atoms. The van der Waals surface area contributed by atoms with E-state index in [1.54, 1.807) is 34.3 Å². The third-order valence-corrected chi connectivity index (χ3v) is 4.40. The molecule has 0 unspecified atom stereocenters. The molecule has 1 aliphatic heterocycles. The summed E-state index contributed by atoms with van der Waals surface area (Å²) >= 11 is 0. The van der Waals surface area contributed by atoms with E-state index in [1.807, 2.05) is 31.2 Å². The molecule has 26 heavy (non-hydrogen) atoms. The molecule has 2 aromatic rings. The highest BCUT2D eigenvalue weighted by molar-refractivity contribution is 5.94. The van der Waals surface area contributed by atoms with Gasteiger partial charge in [0.25, 0.3) is 11.8 Å². The summed E-state index contributed by atoms with van der Waals surface area (Å²) in [4.78, 5) is 32.5. The van der Waals surface area contributed by atoms with Crippen LogP contribution in [0.2, 0.25) is 0 Å². The van der Waals surface area contributed by atoms with E-state index in [9.17, 15) is 9.59 Å². The van der Waals surface area contributed by atoms with Crippen molar-refractivity contribution in [1.29, 1.82) is 0 Å². The summed E-state index contributed by atoms with van der Waals surface area (Å²) in [5, 5.41) is 0. The Hall–Kier alpha value is -2.89. The first-order chi connectivity index (χ1) is 12.6. The van der Waals surface area contributed by atoms with Gasteiger partial charge in [-0.05, 0) is 43.2 Å². The average molecular weight is 353 g/mol. The van der Waals surface area contributed by atoms with Crippen LogP contribution in [0.1, 0.15) is 22.3 Å². The van der Waals surface area contributed by atoms with Crippen LogP contribution in [0.4, 0.5) is 0 Å². The highest BCUT2D eigenvalue weighted by Gasteiger charge is 2.23. The van der Waals surface area contributed by atoms with Crippen molar-refractivity contribution in [3.63, 3.8) is 0 Å². The molecule has 0 atom stereocenters. The second-order valence-electron chi connectivity index (χ2n) is 6.37. The molecule has 1 fully saturated rings. The van der Waals surface area contributed by atoms with Crippen molar-refractivity contribution in [2.45, 2.75) is 13.3 Å². The average Bonchev–Trinajstić information content (AvgIpc) is 2.92. The number of hydrogen-bond acceptors (Lipinski definition) is 4. The van der Waals surface area contributed by atoms with Gasteiger partial charge in [0.1, 0.15) is 5.75 Å². The molecule has 3 rings (SSSR count). The lowest BCUT2D eigenvalue weighted by Gasteiger charge is -2.22. The molecule has 1 saturated heterocycles. The van der Waals surface area contributed by atoms with Crippen LogP contribution in [0.5, 0.6) is 5.75 Å². The van der Waals surface area contributed by atoms with E-state index < -0.39 is 0 Å². The summed E-state index contributed by atoms with van der Waals surface area (Å²) in [5.41, 5.74) is 1.67. The van der Waals surface area contributed by atoms with Gasteiger partial charge in [0.15, 0.2) is 6.61 Å². The van der Waals surface area contributed by atoms with Crippen molar-refractivity contribution < 1.29 is 14.3 Å². The van der Waals surface area contributed by atoms with Crippen molar-refractivity contribution in [2.75, 3.05) is 32.8 Å². The zero-order valence-corrected chi connectivity index (χ0v) is 14.9. The van der Waals surface area contributed by atoms with Crippen molar-refractivity contribution in [3.05, 3.63) is 59.9 Å². The van der Waals surface area contributed by atoms with Crippen LogP contribution in [0.25, 0.3) is 0 Å². The van der Waals surface area contributed by atoms with E-state index in [-0.39, 0.29) is 18.4 Å². The molecule has 2 heterocycles. The molecule has 1 aromatic heterocycles. The quantitative estimate of drug-likeness (QED) is 0.845. The largest absolute Gasteiger partial charge is 0.484 e. The zero-order chi connectivity index (χ0) is 18.4. The maximum Gasteiger partial charge on any atom is 0.260 e. The van der Waals surface area contributed by atoms with Gasteiger partial charge in [0.2, 0.25) is 0 Å². The fourth-order valence-corrected chi connectivity index (χ4v) is 2.98. The maximum absolute atomic E-state index is 12.5. The molecule has 2 amide bonds. The molecule has 6 heteroatoms. The first-order valence-electron chi connectivity index (χ1n) is 8.80.